The molecule has 0 unspecified atom stereocenters. The van der Waals surface area contributed by atoms with Crippen molar-refractivity contribution in [2.75, 3.05) is 19.0 Å². The Labute approximate surface area is 121 Å². The molecule has 1 amide bonds. The molecule has 6 heteroatoms. The van der Waals surface area contributed by atoms with Crippen LogP contribution in [0.2, 0.25) is 0 Å². The van der Waals surface area contributed by atoms with E-state index in [1.54, 1.807) is 18.6 Å². The number of hydrogen-bond donors (Lipinski definition) is 2. The quantitative estimate of drug-likeness (QED) is 0.885. The van der Waals surface area contributed by atoms with Crippen LogP contribution in [-0.2, 0) is 6.42 Å². The lowest BCUT2D eigenvalue weighted by Gasteiger charge is -2.08. The maximum Gasteiger partial charge on any atom is 0.275 e. The highest BCUT2D eigenvalue weighted by Gasteiger charge is 2.11. The first-order valence-corrected chi connectivity index (χ1v) is 7.12. The van der Waals surface area contributed by atoms with E-state index in [2.05, 4.69) is 10.3 Å². The van der Waals surface area contributed by atoms with E-state index in [9.17, 15) is 4.79 Å². The second-order valence-electron chi connectivity index (χ2n) is 4.30. The van der Waals surface area contributed by atoms with Crippen molar-refractivity contribution in [3.05, 3.63) is 39.8 Å². The normalized spacial score (nSPS) is 10.3. The molecule has 1 aromatic heterocycles. The van der Waals surface area contributed by atoms with E-state index in [4.69, 9.17) is 10.5 Å². The number of nitrogens with two attached hydrogens (primary N) is 1. The molecule has 3 N–H and O–H groups in total. The van der Waals surface area contributed by atoms with Crippen LogP contribution in [0.4, 0.5) is 5.69 Å². The molecule has 106 valence electrons. The number of hydrogen-bond acceptors (Lipinski definition) is 5. The average Bonchev–Trinajstić information content (AvgIpc) is 2.88. The molecular weight excluding hydrogens is 274 g/mol. The lowest BCUT2D eigenvalue weighted by molar-refractivity contribution is 0.102. The average molecular weight is 291 g/mol. The Morgan fingerprint density at radius 1 is 1.50 bits per heavy atom. The smallest absolute Gasteiger partial charge is 0.275 e. The maximum absolute atomic E-state index is 12.1. The number of carbonyl (C=O) groups excluding carboxylic acids is 1. The van der Waals surface area contributed by atoms with Gasteiger partial charge in [0.05, 0.1) is 12.1 Å². The molecule has 1 aromatic carbocycles. The van der Waals surface area contributed by atoms with E-state index in [0.717, 1.165) is 22.0 Å². The summed E-state index contributed by atoms with van der Waals surface area (Å²) in [6, 6.07) is 5.49. The number of carbonyl (C=O) groups is 1. The molecule has 2 aromatic rings. The van der Waals surface area contributed by atoms with Gasteiger partial charge in [-0.15, -0.1) is 11.3 Å². The molecule has 0 spiro atoms. The molecule has 5 nitrogen and oxygen atoms in total. The van der Waals surface area contributed by atoms with Gasteiger partial charge in [0.15, 0.2) is 0 Å². The highest BCUT2D eigenvalue weighted by molar-refractivity contribution is 7.09. The Bertz CT molecular complexity index is 610. The fourth-order valence-electron chi connectivity index (χ4n) is 1.80. The van der Waals surface area contributed by atoms with E-state index in [1.807, 2.05) is 19.1 Å². The van der Waals surface area contributed by atoms with Gasteiger partial charge < -0.3 is 15.8 Å². The predicted octanol–water partition coefficient (Wildman–Crippen LogP) is 2.21. The van der Waals surface area contributed by atoms with Crippen molar-refractivity contribution in [2.24, 2.45) is 5.73 Å². The zero-order chi connectivity index (χ0) is 14.5. The molecule has 0 bridgehead atoms. The summed E-state index contributed by atoms with van der Waals surface area (Å²) in [6.07, 6.45) is 0.694. The standard InChI is InChI=1S/C14H17N3O2S/c1-9-7-10(3-4-12(9)19-2)16-14(18)11-8-20-13(17-11)5-6-15/h3-4,7-8H,5-6,15H2,1-2H3,(H,16,18). The minimum Gasteiger partial charge on any atom is -0.496 e. The van der Waals surface area contributed by atoms with Crippen molar-refractivity contribution in [3.63, 3.8) is 0 Å². The lowest BCUT2D eigenvalue weighted by Crippen LogP contribution is -2.13. The van der Waals surface area contributed by atoms with Crippen LogP contribution < -0.4 is 15.8 Å². The van der Waals surface area contributed by atoms with E-state index < -0.39 is 0 Å². The number of aromatic nitrogens is 1. The first-order valence-electron chi connectivity index (χ1n) is 6.24. The van der Waals surface area contributed by atoms with E-state index in [-0.39, 0.29) is 5.91 Å². The minimum absolute atomic E-state index is 0.214. The van der Waals surface area contributed by atoms with Crippen LogP contribution >= 0.6 is 11.3 Å². The number of thiazole rings is 1. The van der Waals surface area contributed by atoms with Crippen molar-refractivity contribution in [2.45, 2.75) is 13.3 Å². The summed E-state index contributed by atoms with van der Waals surface area (Å²) in [6.45, 7) is 2.46. The van der Waals surface area contributed by atoms with Crippen molar-refractivity contribution in [1.29, 1.82) is 0 Å². The third-order valence-corrected chi connectivity index (χ3v) is 3.70. The van der Waals surface area contributed by atoms with Crippen molar-refractivity contribution < 1.29 is 9.53 Å². The van der Waals surface area contributed by atoms with Gasteiger partial charge in [0.25, 0.3) is 5.91 Å². The fraction of sp³-hybridized carbons (Fsp3) is 0.286. The molecule has 0 aliphatic carbocycles. The molecule has 0 fully saturated rings. The van der Waals surface area contributed by atoms with Crippen LogP contribution in [0.15, 0.2) is 23.6 Å². The zero-order valence-corrected chi connectivity index (χ0v) is 12.3. The molecule has 0 saturated heterocycles. The molecule has 2 rings (SSSR count). The molecule has 0 aliphatic heterocycles. The summed E-state index contributed by atoms with van der Waals surface area (Å²) in [7, 11) is 1.62. The second-order valence-corrected chi connectivity index (χ2v) is 5.25. The zero-order valence-electron chi connectivity index (χ0n) is 11.5. The highest BCUT2D eigenvalue weighted by Crippen LogP contribution is 2.22. The number of rotatable bonds is 5. The SMILES string of the molecule is COc1ccc(NC(=O)c2csc(CCN)n2)cc1C. The third kappa shape index (κ3) is 3.34. The van der Waals surface area contributed by atoms with Crippen LogP contribution in [0.5, 0.6) is 5.75 Å². The van der Waals surface area contributed by atoms with Gasteiger partial charge in [0.1, 0.15) is 11.4 Å². The number of amides is 1. The maximum atomic E-state index is 12.1. The molecule has 0 atom stereocenters. The van der Waals surface area contributed by atoms with Gasteiger partial charge in [-0.1, -0.05) is 0 Å². The number of ether oxygens (including phenoxy) is 1. The van der Waals surface area contributed by atoms with E-state index in [0.29, 0.717) is 18.7 Å². The van der Waals surface area contributed by atoms with Crippen molar-refractivity contribution in [1.82, 2.24) is 4.98 Å². The monoisotopic (exact) mass is 291 g/mol. The Hall–Kier alpha value is -1.92. The van der Waals surface area contributed by atoms with Crippen LogP contribution in [-0.4, -0.2) is 24.5 Å². The molecule has 0 saturated carbocycles. The number of methoxy groups -OCH3 is 1. The number of benzene rings is 1. The Kier molecular flexibility index (Phi) is 4.70. The predicted molar refractivity (Wildman–Crippen MR) is 80.6 cm³/mol. The van der Waals surface area contributed by atoms with Crippen LogP contribution in [0.1, 0.15) is 21.1 Å². The summed E-state index contributed by atoms with van der Waals surface area (Å²) in [4.78, 5) is 16.3. The van der Waals surface area contributed by atoms with Crippen molar-refractivity contribution in [3.8, 4) is 5.75 Å². The van der Waals surface area contributed by atoms with Gasteiger partial charge >= 0.3 is 0 Å². The fourth-order valence-corrected chi connectivity index (χ4v) is 2.60. The van der Waals surface area contributed by atoms with E-state index >= 15 is 0 Å². The summed E-state index contributed by atoms with van der Waals surface area (Å²) in [5.74, 6) is 0.580. The second kappa shape index (κ2) is 6.49. The Balaban J connectivity index is 2.08. The summed E-state index contributed by atoms with van der Waals surface area (Å²) in [5, 5.41) is 5.45. The van der Waals surface area contributed by atoms with Crippen LogP contribution in [0.3, 0.4) is 0 Å². The number of aryl methyl sites for hydroxylation is 1. The van der Waals surface area contributed by atoms with Gasteiger partial charge in [-0.3, -0.25) is 4.79 Å². The molecule has 1 heterocycles. The molecular formula is C14H17N3O2S. The Morgan fingerprint density at radius 2 is 2.30 bits per heavy atom. The van der Waals surface area contributed by atoms with Gasteiger partial charge in [-0.2, -0.15) is 0 Å². The first-order chi connectivity index (χ1) is 9.63. The summed E-state index contributed by atoms with van der Waals surface area (Å²) < 4.78 is 5.18. The van der Waals surface area contributed by atoms with Gasteiger partial charge in [0.2, 0.25) is 0 Å². The molecule has 20 heavy (non-hydrogen) atoms. The van der Waals surface area contributed by atoms with Gasteiger partial charge in [-0.25, -0.2) is 4.98 Å². The van der Waals surface area contributed by atoms with Gasteiger partial charge in [-0.05, 0) is 37.2 Å². The number of nitrogens with zero attached hydrogens (tertiary/aromatic N) is 1. The first kappa shape index (κ1) is 14.5. The highest BCUT2D eigenvalue weighted by atomic mass is 32.1. The van der Waals surface area contributed by atoms with Crippen LogP contribution in [0, 0.1) is 6.92 Å². The summed E-state index contributed by atoms with van der Waals surface area (Å²) in [5.41, 5.74) is 7.58. The summed E-state index contributed by atoms with van der Waals surface area (Å²) >= 11 is 1.45. The van der Waals surface area contributed by atoms with E-state index in [1.165, 1.54) is 11.3 Å². The van der Waals surface area contributed by atoms with Gasteiger partial charge in [0, 0.05) is 17.5 Å². The Morgan fingerprint density at radius 3 is 2.95 bits per heavy atom. The van der Waals surface area contributed by atoms with Crippen molar-refractivity contribution >= 4 is 22.9 Å². The number of nitrogens with one attached hydrogen (secondary N) is 1. The lowest BCUT2D eigenvalue weighted by atomic mass is 10.2. The number of anilines is 1. The largest absolute Gasteiger partial charge is 0.496 e. The molecule has 0 radical (unpaired) electrons. The van der Waals surface area contributed by atoms with Crippen LogP contribution in [0.25, 0.3) is 0 Å². The molecule has 0 aliphatic rings. The minimum atomic E-state index is -0.214. The topological polar surface area (TPSA) is 77.2 Å². The third-order valence-electron chi connectivity index (χ3n) is 2.80.